The first kappa shape index (κ1) is 14.5. The van der Waals surface area contributed by atoms with Crippen molar-refractivity contribution in [3.05, 3.63) is 57.3 Å². The zero-order chi connectivity index (χ0) is 14.9. The van der Waals surface area contributed by atoms with Crippen molar-refractivity contribution in [1.82, 2.24) is 0 Å². The van der Waals surface area contributed by atoms with Gasteiger partial charge in [0.1, 0.15) is 5.82 Å². The molecular formula is C15H14BrFN2O. The Kier molecular flexibility index (Phi) is 4.09. The Morgan fingerprint density at radius 3 is 2.70 bits per heavy atom. The van der Waals surface area contributed by atoms with Crippen LogP contribution in [0.4, 0.5) is 15.8 Å². The first-order valence-electron chi connectivity index (χ1n) is 6.02. The molecule has 5 heteroatoms. The summed E-state index contributed by atoms with van der Waals surface area (Å²) in [5.41, 5.74) is 8.80. The van der Waals surface area contributed by atoms with Gasteiger partial charge in [-0.05, 0) is 65.2 Å². The molecule has 104 valence electrons. The van der Waals surface area contributed by atoms with Gasteiger partial charge in [-0.2, -0.15) is 0 Å². The summed E-state index contributed by atoms with van der Waals surface area (Å²) < 4.78 is 13.7. The number of amides is 1. The van der Waals surface area contributed by atoms with E-state index in [4.69, 9.17) is 5.73 Å². The summed E-state index contributed by atoms with van der Waals surface area (Å²) in [4.78, 5) is 12.3. The van der Waals surface area contributed by atoms with Crippen LogP contribution < -0.4 is 11.1 Å². The van der Waals surface area contributed by atoms with Gasteiger partial charge in [0.15, 0.2) is 0 Å². The van der Waals surface area contributed by atoms with Crippen molar-refractivity contribution in [3.8, 4) is 0 Å². The molecule has 0 radical (unpaired) electrons. The molecular weight excluding hydrogens is 323 g/mol. The molecule has 0 aliphatic heterocycles. The molecule has 20 heavy (non-hydrogen) atoms. The third-order valence-electron chi connectivity index (χ3n) is 3.14. The predicted octanol–water partition coefficient (Wildman–Crippen LogP) is 4.04. The number of carbonyl (C=O) groups is 1. The highest BCUT2D eigenvalue weighted by atomic mass is 79.9. The Morgan fingerprint density at radius 1 is 1.30 bits per heavy atom. The first-order valence-corrected chi connectivity index (χ1v) is 6.81. The summed E-state index contributed by atoms with van der Waals surface area (Å²) in [7, 11) is 0. The molecule has 1 amide bonds. The minimum atomic E-state index is -0.361. The number of hydrogen-bond donors (Lipinski definition) is 2. The third kappa shape index (κ3) is 2.82. The highest BCUT2D eigenvalue weighted by Crippen LogP contribution is 2.25. The van der Waals surface area contributed by atoms with Crippen molar-refractivity contribution in [2.75, 3.05) is 11.1 Å². The lowest BCUT2D eigenvalue weighted by Crippen LogP contribution is -2.15. The van der Waals surface area contributed by atoms with Gasteiger partial charge in [-0.1, -0.05) is 6.07 Å². The van der Waals surface area contributed by atoms with E-state index in [0.717, 1.165) is 5.56 Å². The average molecular weight is 337 g/mol. The van der Waals surface area contributed by atoms with Gasteiger partial charge in [0.25, 0.3) is 5.91 Å². The number of hydrogen-bond acceptors (Lipinski definition) is 2. The fourth-order valence-electron chi connectivity index (χ4n) is 1.87. The van der Waals surface area contributed by atoms with E-state index in [1.807, 2.05) is 0 Å². The maximum atomic E-state index is 13.4. The Morgan fingerprint density at radius 2 is 2.00 bits per heavy atom. The lowest BCUT2D eigenvalue weighted by molar-refractivity contribution is 0.102. The van der Waals surface area contributed by atoms with Crippen LogP contribution in [0.5, 0.6) is 0 Å². The van der Waals surface area contributed by atoms with Crippen molar-refractivity contribution < 1.29 is 9.18 Å². The Hall–Kier alpha value is -1.88. The molecule has 0 fully saturated rings. The summed E-state index contributed by atoms with van der Waals surface area (Å²) in [5.74, 6) is -0.628. The number of benzene rings is 2. The fraction of sp³-hybridized carbons (Fsp3) is 0.133. The second-order valence-corrected chi connectivity index (χ2v) is 5.41. The molecule has 2 rings (SSSR count). The number of nitrogen functional groups attached to an aromatic ring is 1. The topological polar surface area (TPSA) is 55.1 Å². The summed E-state index contributed by atoms with van der Waals surface area (Å²) in [5, 5.41) is 2.77. The summed E-state index contributed by atoms with van der Waals surface area (Å²) in [6, 6.07) is 8.08. The van der Waals surface area contributed by atoms with Gasteiger partial charge < -0.3 is 11.1 Å². The van der Waals surface area contributed by atoms with Gasteiger partial charge in [-0.15, -0.1) is 0 Å². The smallest absolute Gasteiger partial charge is 0.256 e. The number of anilines is 2. The number of aryl methyl sites for hydroxylation is 1. The van der Waals surface area contributed by atoms with Crippen LogP contribution >= 0.6 is 15.9 Å². The number of halogens is 2. The van der Waals surface area contributed by atoms with E-state index >= 15 is 0 Å². The zero-order valence-corrected chi connectivity index (χ0v) is 12.7. The molecule has 0 saturated carbocycles. The molecule has 3 N–H and O–H groups in total. The van der Waals surface area contributed by atoms with Crippen molar-refractivity contribution in [2.24, 2.45) is 0 Å². The fourth-order valence-corrected chi connectivity index (χ4v) is 2.21. The molecule has 3 nitrogen and oxygen atoms in total. The summed E-state index contributed by atoms with van der Waals surface area (Å²) in [6.07, 6.45) is 0. The number of rotatable bonds is 2. The molecule has 0 unspecified atom stereocenters. The molecule has 0 spiro atoms. The molecule has 2 aromatic rings. The second kappa shape index (κ2) is 5.63. The van der Waals surface area contributed by atoms with Crippen LogP contribution in [-0.2, 0) is 0 Å². The average Bonchev–Trinajstić information content (AvgIpc) is 2.39. The maximum absolute atomic E-state index is 13.4. The van der Waals surface area contributed by atoms with Gasteiger partial charge in [0.2, 0.25) is 0 Å². The second-order valence-electron chi connectivity index (χ2n) is 4.56. The lowest BCUT2D eigenvalue weighted by Gasteiger charge is -2.12. The molecule has 0 aromatic heterocycles. The number of nitrogens with two attached hydrogens (primary N) is 1. The van der Waals surface area contributed by atoms with Crippen LogP contribution in [0.15, 0.2) is 34.8 Å². The van der Waals surface area contributed by atoms with Gasteiger partial charge >= 0.3 is 0 Å². The molecule has 2 aromatic carbocycles. The highest BCUT2D eigenvalue weighted by Gasteiger charge is 2.13. The molecule has 0 saturated heterocycles. The van der Waals surface area contributed by atoms with Gasteiger partial charge in [0, 0.05) is 16.9 Å². The SMILES string of the molecule is Cc1cc(F)c(Br)cc1NC(=O)c1cccc(N)c1C. The molecule has 0 aliphatic carbocycles. The van der Waals surface area contributed by atoms with Crippen LogP contribution in [0, 0.1) is 19.7 Å². The third-order valence-corrected chi connectivity index (χ3v) is 3.74. The lowest BCUT2D eigenvalue weighted by atomic mass is 10.1. The van der Waals surface area contributed by atoms with E-state index in [2.05, 4.69) is 21.2 Å². The van der Waals surface area contributed by atoms with E-state index in [1.54, 1.807) is 38.1 Å². The van der Waals surface area contributed by atoms with E-state index in [-0.39, 0.29) is 11.7 Å². The maximum Gasteiger partial charge on any atom is 0.256 e. The Bertz CT molecular complexity index is 686. The van der Waals surface area contributed by atoms with E-state index in [0.29, 0.717) is 27.0 Å². The van der Waals surface area contributed by atoms with Gasteiger partial charge in [0.05, 0.1) is 4.47 Å². The predicted molar refractivity (Wildman–Crippen MR) is 82.4 cm³/mol. The first-order chi connectivity index (χ1) is 9.40. The zero-order valence-electron chi connectivity index (χ0n) is 11.1. The monoisotopic (exact) mass is 336 g/mol. The summed E-state index contributed by atoms with van der Waals surface area (Å²) in [6.45, 7) is 3.52. The highest BCUT2D eigenvalue weighted by molar-refractivity contribution is 9.10. The minimum absolute atomic E-state index is 0.267. The van der Waals surface area contributed by atoms with Crippen molar-refractivity contribution in [3.63, 3.8) is 0 Å². The van der Waals surface area contributed by atoms with Crippen molar-refractivity contribution >= 4 is 33.2 Å². The molecule has 0 aliphatic rings. The largest absolute Gasteiger partial charge is 0.398 e. The molecule has 0 atom stereocenters. The number of carbonyl (C=O) groups excluding carboxylic acids is 1. The van der Waals surface area contributed by atoms with Crippen LogP contribution in [0.2, 0.25) is 0 Å². The molecule has 0 heterocycles. The number of nitrogens with one attached hydrogen (secondary N) is 1. The normalized spacial score (nSPS) is 10.4. The molecule has 0 bridgehead atoms. The quantitative estimate of drug-likeness (QED) is 0.813. The van der Waals surface area contributed by atoms with E-state index in [9.17, 15) is 9.18 Å². The van der Waals surface area contributed by atoms with Crippen LogP contribution in [0.1, 0.15) is 21.5 Å². The van der Waals surface area contributed by atoms with Crippen LogP contribution in [-0.4, -0.2) is 5.91 Å². The standard InChI is InChI=1S/C15H14BrFN2O/c1-8-6-12(17)11(16)7-14(8)19-15(20)10-4-3-5-13(18)9(10)2/h3-7H,18H2,1-2H3,(H,19,20). The van der Waals surface area contributed by atoms with Crippen molar-refractivity contribution in [2.45, 2.75) is 13.8 Å². The van der Waals surface area contributed by atoms with Crippen molar-refractivity contribution in [1.29, 1.82) is 0 Å². The van der Waals surface area contributed by atoms with E-state index < -0.39 is 0 Å². The van der Waals surface area contributed by atoms with Crippen LogP contribution in [0.3, 0.4) is 0 Å². The Balaban J connectivity index is 2.33. The van der Waals surface area contributed by atoms with Crippen LogP contribution in [0.25, 0.3) is 0 Å². The van der Waals surface area contributed by atoms with E-state index in [1.165, 1.54) is 6.07 Å². The van der Waals surface area contributed by atoms with Gasteiger partial charge in [-0.25, -0.2) is 4.39 Å². The summed E-state index contributed by atoms with van der Waals surface area (Å²) >= 11 is 3.11. The minimum Gasteiger partial charge on any atom is -0.398 e. The Labute approximate surface area is 125 Å². The van der Waals surface area contributed by atoms with Gasteiger partial charge in [-0.3, -0.25) is 4.79 Å².